The Morgan fingerprint density at radius 2 is 2.09 bits per heavy atom. The van der Waals surface area contributed by atoms with Gasteiger partial charge < -0.3 is 9.64 Å². The number of ether oxygens (including phenoxy) is 1. The van der Waals surface area contributed by atoms with Crippen LogP contribution in [0.15, 0.2) is 49.1 Å². The number of carbonyl (C=O) groups is 1. The molecule has 1 aromatic heterocycles. The minimum absolute atomic E-state index is 0.269. The lowest BCUT2D eigenvalue weighted by molar-refractivity contribution is 0.0457. The fraction of sp³-hybridized carbons (Fsp3) is 0.500. The molecule has 0 spiro atoms. The third-order valence-corrected chi connectivity index (χ3v) is 6.92. The molecule has 1 saturated heterocycles. The van der Waals surface area contributed by atoms with E-state index in [9.17, 15) is 13.2 Å². The fourth-order valence-electron chi connectivity index (χ4n) is 3.63. The summed E-state index contributed by atoms with van der Waals surface area (Å²) in [7, 11) is -0.714. The van der Waals surface area contributed by atoms with Crippen LogP contribution in [0, 0.1) is 0 Å². The maximum Gasteiger partial charge on any atom is 0.410 e. The lowest BCUT2D eigenvalue weighted by Crippen LogP contribution is -2.59. The number of pyridine rings is 1. The van der Waals surface area contributed by atoms with E-state index in [4.69, 9.17) is 9.72 Å². The number of likely N-dealkylation sites (tertiary alicyclic amines) is 1. The molecule has 1 aliphatic heterocycles. The number of nitrogens with zero attached hydrogens (tertiary/aromatic N) is 3. The van der Waals surface area contributed by atoms with E-state index in [0.29, 0.717) is 25.8 Å². The van der Waals surface area contributed by atoms with Gasteiger partial charge in [0.05, 0.1) is 17.8 Å². The van der Waals surface area contributed by atoms with Gasteiger partial charge in [-0.1, -0.05) is 36.9 Å². The lowest BCUT2D eigenvalue weighted by atomic mass is 9.93. The Kier molecular flexibility index (Phi) is 9.82. The normalized spacial score (nSPS) is 20.0. The Labute approximate surface area is 198 Å². The molecule has 0 bridgehead atoms. The molecule has 182 valence electrons. The Morgan fingerprint density at radius 1 is 1.36 bits per heavy atom. The van der Waals surface area contributed by atoms with Crippen molar-refractivity contribution in [3.63, 3.8) is 0 Å². The van der Waals surface area contributed by atoms with Crippen LogP contribution in [-0.2, 0) is 21.4 Å². The molecule has 1 N–H and O–H groups in total. The van der Waals surface area contributed by atoms with Crippen molar-refractivity contribution in [1.82, 2.24) is 18.9 Å². The van der Waals surface area contributed by atoms with Gasteiger partial charge in [0.2, 0.25) is 0 Å². The van der Waals surface area contributed by atoms with E-state index in [1.54, 1.807) is 24.8 Å². The van der Waals surface area contributed by atoms with Gasteiger partial charge in [-0.05, 0) is 51.3 Å². The van der Waals surface area contributed by atoms with E-state index in [1.807, 2.05) is 43.4 Å². The highest BCUT2D eigenvalue weighted by atomic mass is 32.2. The number of carbonyl (C=O) groups excluding carboxylic acids is 1. The number of amides is 1. The van der Waals surface area contributed by atoms with Gasteiger partial charge in [-0.15, -0.1) is 0 Å². The standard InChI is InChI=1S/C24H36N4O4S/c1-7-8-9-12-19(4)21-14-10-13-20(25-21)17-23-22(26-33(30,31)27(5)6)15-11-16-28(23)24(29)32-18(2)3/h7-10,12-14,18,22-23,26H,1,11,15-17H2,2-6H3/b9-8-,19-12+. The highest BCUT2D eigenvalue weighted by Crippen LogP contribution is 2.24. The van der Waals surface area contributed by atoms with Crippen molar-refractivity contribution >= 4 is 21.9 Å². The average Bonchev–Trinajstić information content (AvgIpc) is 2.74. The van der Waals surface area contributed by atoms with E-state index in [1.165, 1.54) is 14.1 Å². The predicted molar refractivity (Wildman–Crippen MR) is 132 cm³/mol. The molecule has 2 heterocycles. The third-order valence-electron chi connectivity index (χ3n) is 5.35. The molecule has 2 unspecified atom stereocenters. The molecule has 0 aromatic carbocycles. The highest BCUT2D eigenvalue weighted by molar-refractivity contribution is 7.87. The van der Waals surface area contributed by atoms with Crippen LogP contribution in [0.4, 0.5) is 4.79 Å². The summed E-state index contributed by atoms with van der Waals surface area (Å²) in [6.07, 6.45) is 8.38. The SMILES string of the molecule is C=C/C=C\C=C(/C)c1cccc(CC2C(NS(=O)(=O)N(C)C)CCCN2C(=O)OC(C)C)n1. The van der Waals surface area contributed by atoms with Crippen LogP contribution in [0.1, 0.15) is 45.0 Å². The Morgan fingerprint density at radius 3 is 2.73 bits per heavy atom. The molecule has 0 aliphatic carbocycles. The number of aromatic nitrogens is 1. The summed E-state index contributed by atoms with van der Waals surface area (Å²) in [6.45, 7) is 9.73. The van der Waals surface area contributed by atoms with Crippen molar-refractivity contribution in [2.24, 2.45) is 0 Å². The first-order valence-corrected chi connectivity index (χ1v) is 12.6. The summed E-state index contributed by atoms with van der Waals surface area (Å²) in [6, 6.07) is 4.87. The van der Waals surface area contributed by atoms with Gasteiger partial charge in [0.15, 0.2) is 0 Å². The van der Waals surface area contributed by atoms with Crippen LogP contribution < -0.4 is 4.72 Å². The molecular weight excluding hydrogens is 440 g/mol. The average molecular weight is 477 g/mol. The molecule has 1 amide bonds. The number of hydrogen-bond donors (Lipinski definition) is 1. The molecular formula is C24H36N4O4S. The number of hydrogen-bond acceptors (Lipinski definition) is 5. The third kappa shape index (κ3) is 7.80. The van der Waals surface area contributed by atoms with Crippen molar-refractivity contribution in [2.45, 2.75) is 58.2 Å². The molecule has 33 heavy (non-hydrogen) atoms. The number of nitrogens with one attached hydrogen (secondary N) is 1. The Balaban J connectivity index is 2.37. The van der Waals surface area contributed by atoms with Gasteiger partial charge in [0.25, 0.3) is 10.2 Å². The van der Waals surface area contributed by atoms with E-state index >= 15 is 0 Å². The molecule has 8 nitrogen and oxygen atoms in total. The van der Waals surface area contributed by atoms with E-state index in [0.717, 1.165) is 21.3 Å². The summed E-state index contributed by atoms with van der Waals surface area (Å²) < 4.78 is 34.5. The quantitative estimate of drug-likeness (QED) is 0.551. The fourth-order valence-corrected chi connectivity index (χ4v) is 4.50. The molecule has 1 aromatic rings. The topological polar surface area (TPSA) is 91.8 Å². The molecule has 2 rings (SSSR count). The highest BCUT2D eigenvalue weighted by Gasteiger charge is 2.38. The Hall–Kier alpha value is -2.49. The second-order valence-electron chi connectivity index (χ2n) is 8.54. The predicted octanol–water partition coefficient (Wildman–Crippen LogP) is 3.54. The van der Waals surface area contributed by atoms with Crippen molar-refractivity contribution in [3.05, 3.63) is 60.5 Å². The molecule has 1 aliphatic rings. The summed E-state index contributed by atoms with van der Waals surface area (Å²) in [5, 5.41) is 0. The summed E-state index contributed by atoms with van der Waals surface area (Å²) in [4.78, 5) is 19.3. The van der Waals surface area contributed by atoms with E-state index in [-0.39, 0.29) is 6.10 Å². The van der Waals surface area contributed by atoms with Crippen LogP contribution in [-0.4, -0.2) is 67.5 Å². The number of allylic oxidation sites excluding steroid dienone is 5. The smallest absolute Gasteiger partial charge is 0.410 e. The van der Waals surface area contributed by atoms with Crippen LogP contribution in [0.25, 0.3) is 5.57 Å². The largest absolute Gasteiger partial charge is 0.447 e. The van der Waals surface area contributed by atoms with Gasteiger partial charge in [-0.3, -0.25) is 4.98 Å². The van der Waals surface area contributed by atoms with Crippen molar-refractivity contribution in [2.75, 3.05) is 20.6 Å². The maximum atomic E-state index is 12.8. The van der Waals surface area contributed by atoms with Gasteiger partial charge in [-0.2, -0.15) is 17.4 Å². The Bertz CT molecular complexity index is 986. The zero-order chi connectivity index (χ0) is 24.6. The number of piperidine rings is 1. The van der Waals surface area contributed by atoms with Crippen molar-refractivity contribution in [3.8, 4) is 0 Å². The van der Waals surface area contributed by atoms with Crippen LogP contribution in [0.5, 0.6) is 0 Å². The molecule has 2 atom stereocenters. The van der Waals surface area contributed by atoms with Crippen molar-refractivity contribution < 1.29 is 17.9 Å². The molecule has 0 saturated carbocycles. The first-order valence-electron chi connectivity index (χ1n) is 11.1. The summed E-state index contributed by atoms with van der Waals surface area (Å²) in [5.74, 6) is 0. The molecule has 0 radical (unpaired) electrons. The van der Waals surface area contributed by atoms with E-state index < -0.39 is 28.4 Å². The van der Waals surface area contributed by atoms with Crippen LogP contribution in [0.2, 0.25) is 0 Å². The molecule has 9 heteroatoms. The minimum atomic E-state index is -3.67. The van der Waals surface area contributed by atoms with Gasteiger partial charge in [-0.25, -0.2) is 4.79 Å². The first-order chi connectivity index (χ1) is 15.5. The second-order valence-corrected chi connectivity index (χ2v) is 10.5. The zero-order valence-corrected chi connectivity index (χ0v) is 21.0. The van der Waals surface area contributed by atoms with Crippen LogP contribution in [0.3, 0.4) is 0 Å². The first kappa shape index (κ1) is 26.8. The maximum absolute atomic E-state index is 12.8. The minimum Gasteiger partial charge on any atom is -0.447 e. The zero-order valence-electron chi connectivity index (χ0n) is 20.2. The summed E-state index contributed by atoms with van der Waals surface area (Å²) >= 11 is 0. The van der Waals surface area contributed by atoms with Crippen LogP contribution >= 0.6 is 0 Å². The second kappa shape index (κ2) is 12.1. The van der Waals surface area contributed by atoms with E-state index in [2.05, 4.69) is 11.3 Å². The van der Waals surface area contributed by atoms with Gasteiger partial charge in [0, 0.05) is 38.8 Å². The van der Waals surface area contributed by atoms with Crippen molar-refractivity contribution in [1.29, 1.82) is 0 Å². The molecule has 1 fully saturated rings. The lowest BCUT2D eigenvalue weighted by Gasteiger charge is -2.41. The van der Waals surface area contributed by atoms with Gasteiger partial charge >= 0.3 is 6.09 Å². The van der Waals surface area contributed by atoms with Gasteiger partial charge in [0.1, 0.15) is 0 Å². The number of rotatable bonds is 9. The summed E-state index contributed by atoms with van der Waals surface area (Å²) in [5.41, 5.74) is 2.58. The monoisotopic (exact) mass is 476 g/mol.